The van der Waals surface area contributed by atoms with Gasteiger partial charge in [-0.25, -0.2) is 13.1 Å². The SMILES string of the molecule is CC(CO)(CO)NS(=O)(=O)CC(=O)O. The summed E-state index contributed by atoms with van der Waals surface area (Å²) in [7, 11) is -4.03. The van der Waals surface area contributed by atoms with Gasteiger partial charge in [0.2, 0.25) is 10.0 Å². The molecule has 0 aromatic heterocycles. The fourth-order valence-electron chi connectivity index (χ4n) is 0.689. The molecule has 0 unspecified atom stereocenters. The quantitative estimate of drug-likeness (QED) is 0.406. The van der Waals surface area contributed by atoms with Gasteiger partial charge in [0.15, 0.2) is 5.75 Å². The van der Waals surface area contributed by atoms with Crippen LogP contribution < -0.4 is 4.72 Å². The molecule has 14 heavy (non-hydrogen) atoms. The summed E-state index contributed by atoms with van der Waals surface area (Å²) in [5.41, 5.74) is -1.44. The third-order valence-corrected chi connectivity index (χ3v) is 2.84. The van der Waals surface area contributed by atoms with E-state index in [1.807, 2.05) is 4.72 Å². The summed E-state index contributed by atoms with van der Waals surface area (Å²) >= 11 is 0. The number of aliphatic hydroxyl groups excluding tert-OH is 2. The normalized spacial score (nSPS) is 12.8. The predicted octanol–water partition coefficient (Wildman–Crippen LogP) is -2.27. The van der Waals surface area contributed by atoms with Gasteiger partial charge in [-0.05, 0) is 6.92 Å². The molecule has 0 aliphatic carbocycles. The highest BCUT2D eigenvalue weighted by atomic mass is 32.2. The minimum absolute atomic E-state index is 0.623. The molecular formula is C6H13NO6S. The van der Waals surface area contributed by atoms with E-state index >= 15 is 0 Å². The van der Waals surface area contributed by atoms with Gasteiger partial charge in [0.05, 0.1) is 18.8 Å². The Balaban J connectivity index is 4.57. The Morgan fingerprint density at radius 3 is 2.07 bits per heavy atom. The Hall–Kier alpha value is -0.700. The van der Waals surface area contributed by atoms with Gasteiger partial charge < -0.3 is 15.3 Å². The Morgan fingerprint density at radius 2 is 1.79 bits per heavy atom. The lowest BCUT2D eigenvalue weighted by Gasteiger charge is -2.25. The molecular weight excluding hydrogens is 214 g/mol. The van der Waals surface area contributed by atoms with E-state index in [-0.39, 0.29) is 0 Å². The number of carboxylic acids is 1. The van der Waals surface area contributed by atoms with Crippen LogP contribution in [-0.4, -0.2) is 54.2 Å². The molecule has 0 aliphatic rings. The Morgan fingerprint density at radius 1 is 1.36 bits per heavy atom. The predicted molar refractivity (Wildman–Crippen MR) is 47.1 cm³/mol. The van der Waals surface area contributed by atoms with Crippen LogP contribution in [0.15, 0.2) is 0 Å². The second-order valence-corrected chi connectivity index (χ2v) is 4.85. The van der Waals surface area contributed by atoms with E-state index in [4.69, 9.17) is 15.3 Å². The molecule has 0 saturated carbocycles. The number of hydrogen-bond donors (Lipinski definition) is 4. The third-order valence-electron chi connectivity index (χ3n) is 1.41. The van der Waals surface area contributed by atoms with E-state index in [1.165, 1.54) is 6.92 Å². The van der Waals surface area contributed by atoms with E-state index in [0.717, 1.165) is 0 Å². The van der Waals surface area contributed by atoms with Crippen LogP contribution in [-0.2, 0) is 14.8 Å². The highest BCUT2D eigenvalue weighted by Crippen LogP contribution is 2.03. The molecule has 0 radical (unpaired) electrons. The molecule has 0 bridgehead atoms. The van der Waals surface area contributed by atoms with Crippen LogP contribution >= 0.6 is 0 Å². The summed E-state index contributed by atoms with van der Waals surface area (Å²) in [4.78, 5) is 10.1. The highest BCUT2D eigenvalue weighted by Gasteiger charge is 2.29. The van der Waals surface area contributed by atoms with E-state index in [9.17, 15) is 13.2 Å². The maximum atomic E-state index is 11.1. The molecule has 0 aromatic carbocycles. The first-order chi connectivity index (χ1) is 6.24. The van der Waals surface area contributed by atoms with Crippen molar-refractivity contribution < 1.29 is 28.5 Å². The Kier molecular flexibility index (Phi) is 4.46. The summed E-state index contributed by atoms with van der Waals surface area (Å²) in [6.07, 6.45) is 0. The third kappa shape index (κ3) is 4.51. The van der Waals surface area contributed by atoms with Crippen LogP contribution in [0.25, 0.3) is 0 Å². The van der Waals surface area contributed by atoms with Gasteiger partial charge >= 0.3 is 5.97 Å². The van der Waals surface area contributed by atoms with Gasteiger partial charge in [-0.15, -0.1) is 0 Å². The fourth-order valence-corrected chi connectivity index (χ4v) is 1.97. The van der Waals surface area contributed by atoms with Gasteiger partial charge in [0.25, 0.3) is 0 Å². The van der Waals surface area contributed by atoms with E-state index < -0.39 is 40.5 Å². The molecule has 0 atom stereocenters. The van der Waals surface area contributed by atoms with Gasteiger partial charge in [0, 0.05) is 0 Å². The fraction of sp³-hybridized carbons (Fsp3) is 0.833. The maximum absolute atomic E-state index is 11.1. The Labute approximate surface area is 81.4 Å². The lowest BCUT2D eigenvalue weighted by Crippen LogP contribution is -2.52. The van der Waals surface area contributed by atoms with Crippen molar-refractivity contribution in [2.45, 2.75) is 12.5 Å². The standard InChI is InChI=1S/C6H13NO6S/c1-6(3-8,4-9)7-14(12,13)2-5(10)11/h7-9H,2-4H2,1H3,(H,10,11). The average molecular weight is 227 g/mol. The summed E-state index contributed by atoms with van der Waals surface area (Å²) < 4.78 is 24.0. The molecule has 0 spiro atoms. The lowest BCUT2D eigenvalue weighted by atomic mass is 10.1. The monoisotopic (exact) mass is 227 g/mol. The molecule has 0 saturated heterocycles. The smallest absolute Gasteiger partial charge is 0.320 e. The van der Waals surface area contributed by atoms with Crippen molar-refractivity contribution in [3.8, 4) is 0 Å². The van der Waals surface area contributed by atoms with Gasteiger partial charge in [-0.3, -0.25) is 4.79 Å². The van der Waals surface area contributed by atoms with Crippen molar-refractivity contribution in [1.82, 2.24) is 4.72 Å². The Bertz CT molecular complexity index is 293. The van der Waals surface area contributed by atoms with Crippen LogP contribution in [0, 0.1) is 0 Å². The van der Waals surface area contributed by atoms with Crippen molar-refractivity contribution in [3.63, 3.8) is 0 Å². The van der Waals surface area contributed by atoms with Crippen LogP contribution in [0.1, 0.15) is 6.92 Å². The molecule has 0 aliphatic heterocycles. The van der Waals surface area contributed by atoms with Crippen LogP contribution in [0.2, 0.25) is 0 Å². The van der Waals surface area contributed by atoms with Gasteiger partial charge in [0.1, 0.15) is 0 Å². The molecule has 4 N–H and O–H groups in total. The summed E-state index contributed by atoms with van der Waals surface area (Å²) in [5.74, 6) is -2.60. The zero-order valence-corrected chi connectivity index (χ0v) is 8.41. The van der Waals surface area contributed by atoms with Crippen molar-refractivity contribution in [3.05, 3.63) is 0 Å². The largest absolute Gasteiger partial charge is 0.480 e. The summed E-state index contributed by atoms with van der Waals surface area (Å²) in [5, 5.41) is 25.7. The number of carbonyl (C=O) groups is 1. The first-order valence-corrected chi connectivity index (χ1v) is 5.35. The second-order valence-electron chi connectivity index (χ2n) is 3.13. The number of carboxylic acid groups (broad SMARTS) is 1. The first kappa shape index (κ1) is 13.3. The number of aliphatic carboxylic acids is 1. The van der Waals surface area contributed by atoms with E-state index in [1.54, 1.807) is 0 Å². The highest BCUT2D eigenvalue weighted by molar-refractivity contribution is 7.90. The lowest BCUT2D eigenvalue weighted by molar-refractivity contribution is -0.134. The second kappa shape index (κ2) is 4.69. The van der Waals surface area contributed by atoms with E-state index in [2.05, 4.69) is 0 Å². The molecule has 0 rings (SSSR count). The molecule has 8 heteroatoms. The summed E-state index contributed by atoms with van der Waals surface area (Å²) in [6.45, 7) is 0.0110. The van der Waals surface area contributed by atoms with Crippen molar-refractivity contribution in [2.24, 2.45) is 0 Å². The van der Waals surface area contributed by atoms with Crippen molar-refractivity contribution in [1.29, 1.82) is 0 Å². The minimum Gasteiger partial charge on any atom is -0.480 e. The average Bonchev–Trinajstić information content (AvgIpc) is 2.01. The number of aliphatic hydroxyl groups is 2. The molecule has 0 amide bonds. The number of sulfonamides is 1. The van der Waals surface area contributed by atoms with Crippen molar-refractivity contribution >= 4 is 16.0 Å². The molecule has 0 heterocycles. The number of hydrogen-bond acceptors (Lipinski definition) is 5. The van der Waals surface area contributed by atoms with Crippen molar-refractivity contribution in [2.75, 3.05) is 19.0 Å². The number of nitrogens with one attached hydrogen (secondary N) is 1. The van der Waals surface area contributed by atoms with Gasteiger partial charge in [-0.1, -0.05) is 0 Å². The molecule has 0 fully saturated rings. The molecule has 0 aromatic rings. The number of rotatable bonds is 6. The summed E-state index contributed by atoms with van der Waals surface area (Å²) in [6, 6.07) is 0. The van der Waals surface area contributed by atoms with Gasteiger partial charge in [-0.2, -0.15) is 0 Å². The zero-order chi connectivity index (χ0) is 11.4. The minimum atomic E-state index is -4.03. The van der Waals surface area contributed by atoms with Crippen LogP contribution in [0.3, 0.4) is 0 Å². The first-order valence-electron chi connectivity index (χ1n) is 3.70. The zero-order valence-electron chi connectivity index (χ0n) is 7.60. The molecule has 84 valence electrons. The molecule has 7 nitrogen and oxygen atoms in total. The van der Waals surface area contributed by atoms with E-state index in [0.29, 0.717) is 0 Å². The maximum Gasteiger partial charge on any atom is 0.320 e. The van der Waals surface area contributed by atoms with Crippen LogP contribution in [0.4, 0.5) is 0 Å². The topological polar surface area (TPSA) is 124 Å². The van der Waals surface area contributed by atoms with Crippen LogP contribution in [0.5, 0.6) is 0 Å².